The highest BCUT2D eigenvalue weighted by atomic mass is 32.1. The Hall–Kier alpha value is -2.34. The average molecular weight is 402 g/mol. The molecule has 1 aliphatic rings. The number of amides is 1. The molecular weight excluding hydrogens is 374 g/mol. The fourth-order valence-electron chi connectivity index (χ4n) is 3.59. The Labute approximate surface area is 169 Å². The molecule has 0 aromatic carbocycles. The van der Waals surface area contributed by atoms with E-state index in [4.69, 9.17) is 9.15 Å². The van der Waals surface area contributed by atoms with E-state index >= 15 is 0 Å². The molecular formula is C22H27NO4S. The number of hydrogen-bond donors (Lipinski definition) is 1. The molecule has 0 bridgehead atoms. The summed E-state index contributed by atoms with van der Waals surface area (Å²) < 4.78 is 10.4. The highest BCUT2D eigenvalue weighted by Gasteiger charge is 2.34. The van der Waals surface area contributed by atoms with E-state index in [1.54, 1.807) is 12.1 Å². The second kappa shape index (κ2) is 7.95. The van der Waals surface area contributed by atoms with Crippen LogP contribution < -0.4 is 5.32 Å². The zero-order valence-corrected chi connectivity index (χ0v) is 17.9. The van der Waals surface area contributed by atoms with Crippen LogP contribution in [0.15, 0.2) is 22.6 Å². The van der Waals surface area contributed by atoms with E-state index < -0.39 is 5.97 Å². The van der Waals surface area contributed by atoms with E-state index in [-0.39, 0.29) is 11.3 Å². The molecule has 0 spiro atoms. The topological polar surface area (TPSA) is 68.5 Å². The summed E-state index contributed by atoms with van der Waals surface area (Å²) in [6, 6.07) is 3.64. The molecule has 2 aromatic rings. The lowest BCUT2D eigenvalue weighted by Crippen LogP contribution is -2.26. The average Bonchev–Trinajstić information content (AvgIpc) is 3.20. The molecule has 1 amide bonds. The molecule has 0 saturated heterocycles. The Morgan fingerprint density at radius 1 is 1.32 bits per heavy atom. The van der Waals surface area contributed by atoms with E-state index in [2.05, 4.69) is 26.1 Å². The molecule has 5 nitrogen and oxygen atoms in total. The molecule has 0 saturated carbocycles. The Morgan fingerprint density at radius 3 is 2.68 bits per heavy atom. The molecule has 0 fully saturated rings. The number of furan rings is 1. The van der Waals surface area contributed by atoms with E-state index in [0.717, 1.165) is 30.6 Å². The fourth-order valence-corrected chi connectivity index (χ4v) is 4.90. The number of rotatable bonds is 4. The Balaban J connectivity index is 1.84. The van der Waals surface area contributed by atoms with Crippen molar-refractivity contribution in [3.8, 4) is 0 Å². The monoisotopic (exact) mass is 401 g/mol. The van der Waals surface area contributed by atoms with Gasteiger partial charge in [-0.2, -0.15) is 0 Å². The van der Waals surface area contributed by atoms with Gasteiger partial charge >= 0.3 is 5.97 Å². The minimum atomic E-state index is -0.396. The van der Waals surface area contributed by atoms with Crippen LogP contribution in [-0.2, 0) is 22.4 Å². The first-order chi connectivity index (χ1) is 13.2. The van der Waals surface area contributed by atoms with Crippen molar-refractivity contribution in [2.45, 2.75) is 47.0 Å². The Morgan fingerprint density at radius 2 is 2.07 bits per heavy atom. The van der Waals surface area contributed by atoms with Gasteiger partial charge in [-0.3, -0.25) is 4.79 Å². The fraction of sp³-hybridized carbons (Fsp3) is 0.455. The summed E-state index contributed by atoms with van der Waals surface area (Å²) in [5, 5.41) is 3.43. The van der Waals surface area contributed by atoms with Crippen molar-refractivity contribution in [1.29, 1.82) is 0 Å². The van der Waals surface area contributed by atoms with Gasteiger partial charge in [-0.25, -0.2) is 4.79 Å². The van der Waals surface area contributed by atoms with Crippen molar-refractivity contribution < 1.29 is 18.7 Å². The smallest absolute Gasteiger partial charge is 0.341 e. The number of carbonyl (C=O) groups excluding carboxylic acids is 2. The summed E-state index contributed by atoms with van der Waals surface area (Å²) in [5.74, 6) is 1.25. The third-order valence-corrected chi connectivity index (χ3v) is 6.45. The minimum Gasteiger partial charge on any atom is -0.465 e. The van der Waals surface area contributed by atoms with E-state index in [0.29, 0.717) is 22.2 Å². The first kappa shape index (κ1) is 20.4. The third-order valence-electron chi connectivity index (χ3n) is 5.28. The number of anilines is 1. The number of carbonyl (C=O) groups is 2. The maximum absolute atomic E-state index is 12.4. The van der Waals surface area contributed by atoms with Gasteiger partial charge in [0.1, 0.15) is 16.5 Å². The van der Waals surface area contributed by atoms with Gasteiger partial charge in [0.2, 0.25) is 5.91 Å². The van der Waals surface area contributed by atoms with Crippen molar-refractivity contribution in [1.82, 2.24) is 0 Å². The summed E-state index contributed by atoms with van der Waals surface area (Å²) in [6.07, 6.45) is 5.81. The number of esters is 1. The molecule has 3 rings (SSSR count). The number of ether oxygens (including phenoxy) is 1. The number of hydrogen-bond acceptors (Lipinski definition) is 5. The lowest BCUT2D eigenvalue weighted by molar-refractivity contribution is -0.111. The van der Waals surface area contributed by atoms with Gasteiger partial charge in [-0.15, -0.1) is 11.3 Å². The highest BCUT2D eigenvalue weighted by molar-refractivity contribution is 7.17. The SMILES string of the molecule is COC(=O)c1c(NC(=O)C=Cc2ccc(C)o2)sc2c1CCC(C(C)(C)C)C2. The molecule has 1 aliphatic carbocycles. The van der Waals surface area contributed by atoms with Crippen LogP contribution in [0.25, 0.3) is 6.08 Å². The van der Waals surface area contributed by atoms with Crippen LogP contribution in [0.1, 0.15) is 59.5 Å². The van der Waals surface area contributed by atoms with Gasteiger partial charge in [0.25, 0.3) is 0 Å². The first-order valence-electron chi connectivity index (χ1n) is 9.47. The Kier molecular flexibility index (Phi) is 5.79. The van der Waals surface area contributed by atoms with Gasteiger partial charge in [0.15, 0.2) is 0 Å². The van der Waals surface area contributed by atoms with Gasteiger partial charge < -0.3 is 14.5 Å². The molecule has 2 aromatic heterocycles. The van der Waals surface area contributed by atoms with Gasteiger partial charge in [0.05, 0.1) is 12.7 Å². The van der Waals surface area contributed by atoms with Crippen molar-refractivity contribution in [2.24, 2.45) is 11.3 Å². The lowest BCUT2D eigenvalue weighted by atomic mass is 9.72. The van der Waals surface area contributed by atoms with Gasteiger partial charge in [-0.1, -0.05) is 20.8 Å². The molecule has 1 atom stereocenters. The largest absolute Gasteiger partial charge is 0.465 e. The molecule has 2 heterocycles. The van der Waals surface area contributed by atoms with Gasteiger partial charge in [0, 0.05) is 11.0 Å². The number of fused-ring (bicyclic) bond motifs is 1. The minimum absolute atomic E-state index is 0.209. The molecule has 150 valence electrons. The van der Waals surface area contributed by atoms with Crippen LogP contribution in [0.4, 0.5) is 5.00 Å². The maximum atomic E-state index is 12.4. The van der Waals surface area contributed by atoms with Crippen molar-refractivity contribution in [2.75, 3.05) is 12.4 Å². The Bertz CT molecular complexity index is 914. The van der Waals surface area contributed by atoms with Crippen molar-refractivity contribution in [3.05, 3.63) is 45.7 Å². The summed E-state index contributed by atoms with van der Waals surface area (Å²) in [7, 11) is 1.37. The van der Waals surface area contributed by atoms with Crippen LogP contribution >= 0.6 is 11.3 Å². The normalized spacial score (nSPS) is 16.8. The maximum Gasteiger partial charge on any atom is 0.341 e. The zero-order chi connectivity index (χ0) is 20.5. The zero-order valence-electron chi connectivity index (χ0n) is 17.0. The van der Waals surface area contributed by atoms with Crippen LogP contribution in [0.3, 0.4) is 0 Å². The number of thiophene rings is 1. The molecule has 1 N–H and O–H groups in total. The van der Waals surface area contributed by atoms with Crippen LogP contribution in [0.5, 0.6) is 0 Å². The lowest BCUT2D eigenvalue weighted by Gasteiger charge is -2.33. The predicted octanol–water partition coefficient (Wildman–Crippen LogP) is 5.24. The number of nitrogens with one attached hydrogen (secondary N) is 1. The molecule has 6 heteroatoms. The quantitative estimate of drug-likeness (QED) is 0.562. The summed E-state index contributed by atoms with van der Waals surface area (Å²) in [6.45, 7) is 8.60. The summed E-state index contributed by atoms with van der Waals surface area (Å²) >= 11 is 1.49. The molecule has 0 radical (unpaired) electrons. The van der Waals surface area contributed by atoms with E-state index in [1.807, 2.05) is 13.0 Å². The van der Waals surface area contributed by atoms with Gasteiger partial charge in [-0.05, 0) is 61.3 Å². The van der Waals surface area contributed by atoms with Crippen molar-refractivity contribution >= 4 is 34.3 Å². The second-order valence-corrected chi connectivity index (χ2v) is 9.38. The second-order valence-electron chi connectivity index (χ2n) is 8.28. The number of methoxy groups -OCH3 is 1. The van der Waals surface area contributed by atoms with Crippen molar-refractivity contribution in [3.63, 3.8) is 0 Å². The standard InChI is InChI=1S/C22H27NO4S/c1-13-6-8-15(27-13)9-11-18(24)23-20-19(21(25)26-5)16-10-7-14(22(2,3)4)12-17(16)28-20/h6,8-9,11,14H,7,10,12H2,1-5H3,(H,23,24). The third kappa shape index (κ3) is 4.38. The molecule has 1 unspecified atom stereocenters. The van der Waals surface area contributed by atoms with Crippen LogP contribution in [0.2, 0.25) is 0 Å². The number of aryl methyl sites for hydroxylation is 1. The molecule has 0 aliphatic heterocycles. The first-order valence-corrected chi connectivity index (χ1v) is 10.3. The van der Waals surface area contributed by atoms with E-state index in [9.17, 15) is 9.59 Å². The molecule has 28 heavy (non-hydrogen) atoms. The highest BCUT2D eigenvalue weighted by Crippen LogP contribution is 2.44. The predicted molar refractivity (Wildman–Crippen MR) is 112 cm³/mol. The van der Waals surface area contributed by atoms with E-state index in [1.165, 1.54) is 29.4 Å². The van der Waals surface area contributed by atoms with Crippen LogP contribution in [-0.4, -0.2) is 19.0 Å². The summed E-state index contributed by atoms with van der Waals surface area (Å²) in [4.78, 5) is 26.0. The van der Waals surface area contributed by atoms with Crippen LogP contribution in [0, 0.1) is 18.3 Å². The summed E-state index contributed by atoms with van der Waals surface area (Å²) in [5.41, 5.74) is 1.74.